The number of nitrogens with one attached hydrogen (secondary N) is 1. The Labute approximate surface area is 174 Å². The number of hydrogen-bond donors (Lipinski definition) is 1. The molecule has 2 aromatic heterocycles. The van der Waals surface area contributed by atoms with Crippen molar-refractivity contribution in [2.24, 2.45) is 0 Å². The number of benzene rings is 2. The summed E-state index contributed by atoms with van der Waals surface area (Å²) < 4.78 is 1.38. The van der Waals surface area contributed by atoms with Crippen LogP contribution in [-0.4, -0.2) is 20.5 Å². The van der Waals surface area contributed by atoms with E-state index in [1.807, 2.05) is 74.5 Å². The molecule has 0 amide bonds. The molecule has 150 valence electrons. The molecule has 4 rings (SSSR count). The van der Waals surface area contributed by atoms with Crippen molar-refractivity contribution in [2.45, 2.75) is 27.3 Å². The fraction of sp³-hybridized carbons (Fsp3) is 0.167. The Morgan fingerprint density at radius 3 is 2.47 bits per heavy atom. The Kier molecular flexibility index (Phi) is 5.14. The van der Waals surface area contributed by atoms with E-state index >= 15 is 0 Å². The van der Waals surface area contributed by atoms with Gasteiger partial charge in [0.2, 0.25) is 0 Å². The number of carbonyl (C=O) groups excluding carboxylic acids is 1. The number of nitrogens with zero attached hydrogens (tertiary/aromatic N) is 3. The zero-order valence-electron chi connectivity index (χ0n) is 17.1. The van der Waals surface area contributed by atoms with E-state index in [9.17, 15) is 9.59 Å². The van der Waals surface area contributed by atoms with Gasteiger partial charge in [-0.2, -0.15) is 5.10 Å². The highest BCUT2D eigenvalue weighted by atomic mass is 16.1. The topological polar surface area (TPSA) is 76.9 Å². The van der Waals surface area contributed by atoms with E-state index in [1.165, 1.54) is 11.6 Å². The summed E-state index contributed by atoms with van der Waals surface area (Å²) in [4.78, 5) is 30.5. The monoisotopic (exact) mass is 398 g/mol. The number of aryl methyl sites for hydroxylation is 2. The predicted molar refractivity (Wildman–Crippen MR) is 119 cm³/mol. The highest BCUT2D eigenvalue weighted by Gasteiger charge is 2.22. The first-order valence-corrected chi connectivity index (χ1v) is 9.84. The molecule has 0 aliphatic rings. The normalized spacial score (nSPS) is 10.9. The molecule has 30 heavy (non-hydrogen) atoms. The summed E-state index contributed by atoms with van der Waals surface area (Å²) in [7, 11) is 0. The number of ketones is 1. The third kappa shape index (κ3) is 3.48. The Morgan fingerprint density at radius 2 is 1.77 bits per heavy atom. The lowest BCUT2D eigenvalue weighted by Gasteiger charge is -2.17. The van der Waals surface area contributed by atoms with Crippen molar-refractivity contribution in [3.8, 4) is 11.3 Å². The maximum atomic E-state index is 13.2. The van der Waals surface area contributed by atoms with Crippen molar-refractivity contribution >= 4 is 28.1 Å². The van der Waals surface area contributed by atoms with E-state index in [2.05, 4.69) is 15.4 Å². The van der Waals surface area contributed by atoms with Crippen molar-refractivity contribution in [1.82, 2.24) is 14.8 Å². The molecule has 6 nitrogen and oxygen atoms in total. The van der Waals surface area contributed by atoms with Crippen LogP contribution in [0.5, 0.6) is 0 Å². The predicted octanol–water partition coefficient (Wildman–Crippen LogP) is 4.73. The summed E-state index contributed by atoms with van der Waals surface area (Å²) in [6.07, 6.45) is 0. The van der Waals surface area contributed by atoms with E-state index in [-0.39, 0.29) is 22.6 Å². The van der Waals surface area contributed by atoms with Gasteiger partial charge in [0.15, 0.2) is 5.78 Å². The Bertz CT molecular complexity index is 1310. The average molecular weight is 398 g/mol. The SMILES string of the molecule is CCn1nc(-c2ccccc2)c(C(C)=O)c(Nc2cc(C)nc3ccccc23)c1=O. The lowest BCUT2D eigenvalue weighted by atomic mass is 10.0. The summed E-state index contributed by atoms with van der Waals surface area (Å²) >= 11 is 0. The fourth-order valence-electron chi connectivity index (χ4n) is 3.59. The fourth-order valence-corrected chi connectivity index (χ4v) is 3.59. The lowest BCUT2D eigenvalue weighted by molar-refractivity contribution is 0.101. The van der Waals surface area contributed by atoms with Crippen LogP contribution >= 0.6 is 0 Å². The molecule has 2 aromatic carbocycles. The van der Waals surface area contributed by atoms with Gasteiger partial charge in [-0.05, 0) is 32.9 Å². The van der Waals surface area contributed by atoms with Crippen molar-refractivity contribution in [2.75, 3.05) is 5.32 Å². The molecule has 0 fully saturated rings. The van der Waals surface area contributed by atoms with Crippen LogP contribution in [0.4, 0.5) is 11.4 Å². The molecule has 6 heteroatoms. The summed E-state index contributed by atoms with van der Waals surface area (Å²) in [6, 6.07) is 19.0. The zero-order valence-corrected chi connectivity index (χ0v) is 17.1. The highest BCUT2D eigenvalue weighted by Crippen LogP contribution is 2.30. The first kappa shape index (κ1) is 19.5. The number of carbonyl (C=O) groups is 1. The number of hydrogen-bond acceptors (Lipinski definition) is 5. The molecule has 0 spiro atoms. The summed E-state index contributed by atoms with van der Waals surface area (Å²) in [5.74, 6) is -0.223. The first-order valence-electron chi connectivity index (χ1n) is 9.84. The molecule has 0 aliphatic carbocycles. The van der Waals surface area contributed by atoms with Crippen LogP contribution in [0.25, 0.3) is 22.2 Å². The van der Waals surface area contributed by atoms with Crippen LogP contribution in [0.3, 0.4) is 0 Å². The summed E-state index contributed by atoms with van der Waals surface area (Å²) in [6.45, 7) is 5.60. The molecular weight excluding hydrogens is 376 g/mol. The molecule has 0 atom stereocenters. The van der Waals surface area contributed by atoms with E-state index in [0.717, 1.165) is 27.8 Å². The van der Waals surface area contributed by atoms with E-state index < -0.39 is 0 Å². The third-order valence-corrected chi connectivity index (χ3v) is 4.96. The van der Waals surface area contributed by atoms with Gasteiger partial charge in [0, 0.05) is 28.9 Å². The number of pyridine rings is 1. The Hall–Kier alpha value is -3.80. The molecule has 2 heterocycles. The third-order valence-electron chi connectivity index (χ3n) is 4.96. The quantitative estimate of drug-likeness (QED) is 0.492. The molecular formula is C24H22N4O2. The molecule has 0 aliphatic heterocycles. The number of rotatable bonds is 5. The van der Waals surface area contributed by atoms with Gasteiger partial charge < -0.3 is 5.32 Å². The number of fused-ring (bicyclic) bond motifs is 1. The van der Waals surface area contributed by atoms with Crippen molar-refractivity contribution in [1.29, 1.82) is 0 Å². The Balaban J connectivity index is 2.01. The summed E-state index contributed by atoms with van der Waals surface area (Å²) in [5.41, 5.74) is 3.81. The van der Waals surface area contributed by atoms with E-state index in [4.69, 9.17) is 0 Å². The minimum Gasteiger partial charge on any atom is -0.350 e. The molecule has 4 aromatic rings. The number of para-hydroxylation sites is 1. The minimum absolute atomic E-state index is 0.223. The molecule has 0 bridgehead atoms. The van der Waals surface area contributed by atoms with E-state index in [1.54, 1.807) is 0 Å². The van der Waals surface area contributed by atoms with Crippen LogP contribution in [0.2, 0.25) is 0 Å². The zero-order chi connectivity index (χ0) is 21.3. The second kappa shape index (κ2) is 7.91. The van der Waals surface area contributed by atoms with Gasteiger partial charge in [-0.25, -0.2) is 4.68 Å². The van der Waals surface area contributed by atoms with Crippen molar-refractivity contribution < 1.29 is 4.79 Å². The van der Waals surface area contributed by atoms with Crippen LogP contribution in [0, 0.1) is 6.92 Å². The largest absolute Gasteiger partial charge is 0.350 e. The average Bonchev–Trinajstić information content (AvgIpc) is 2.75. The van der Waals surface area contributed by atoms with Gasteiger partial charge in [-0.3, -0.25) is 14.6 Å². The maximum Gasteiger partial charge on any atom is 0.291 e. The minimum atomic E-state index is -0.332. The molecule has 0 unspecified atom stereocenters. The van der Waals surface area contributed by atoms with E-state index in [0.29, 0.717) is 12.2 Å². The standard InChI is InChI=1S/C24H22N4O2/c1-4-28-24(30)23(21(16(3)29)22(27-28)17-10-6-5-7-11-17)26-20-14-15(2)25-19-13-9-8-12-18(19)20/h5-14H,4H2,1-3H3,(H,25,26). The van der Waals surface area contributed by atoms with Crippen LogP contribution < -0.4 is 10.9 Å². The molecule has 0 saturated carbocycles. The molecule has 1 N–H and O–H groups in total. The number of aromatic nitrogens is 3. The van der Waals surface area contributed by atoms with Gasteiger partial charge in [-0.1, -0.05) is 48.5 Å². The maximum absolute atomic E-state index is 13.2. The van der Waals surface area contributed by atoms with Gasteiger partial charge in [0.25, 0.3) is 5.56 Å². The van der Waals surface area contributed by atoms with Gasteiger partial charge in [0.05, 0.1) is 11.1 Å². The molecule has 0 saturated heterocycles. The van der Waals surface area contributed by atoms with Gasteiger partial charge in [0.1, 0.15) is 11.4 Å². The smallest absolute Gasteiger partial charge is 0.291 e. The van der Waals surface area contributed by atoms with Crippen LogP contribution in [-0.2, 0) is 6.54 Å². The van der Waals surface area contributed by atoms with Gasteiger partial charge >= 0.3 is 0 Å². The number of anilines is 2. The lowest BCUT2D eigenvalue weighted by Crippen LogP contribution is -2.28. The van der Waals surface area contributed by atoms with Gasteiger partial charge in [-0.15, -0.1) is 0 Å². The number of Topliss-reactive ketones (excluding diaryl/α,β-unsaturated/α-hetero) is 1. The molecule has 0 radical (unpaired) electrons. The summed E-state index contributed by atoms with van der Waals surface area (Å²) in [5, 5.41) is 8.63. The van der Waals surface area contributed by atoms with Crippen molar-refractivity contribution in [3.63, 3.8) is 0 Å². The first-order chi connectivity index (χ1) is 14.5. The second-order valence-corrected chi connectivity index (χ2v) is 7.10. The van der Waals surface area contributed by atoms with Crippen LogP contribution in [0.1, 0.15) is 29.9 Å². The highest BCUT2D eigenvalue weighted by molar-refractivity contribution is 6.06. The second-order valence-electron chi connectivity index (χ2n) is 7.10. The van der Waals surface area contributed by atoms with Crippen molar-refractivity contribution in [3.05, 3.63) is 82.3 Å². The van der Waals surface area contributed by atoms with Crippen LogP contribution in [0.15, 0.2) is 65.5 Å². The Morgan fingerprint density at radius 1 is 1.07 bits per heavy atom.